The summed E-state index contributed by atoms with van der Waals surface area (Å²) in [7, 11) is 0. The van der Waals surface area contributed by atoms with Crippen molar-refractivity contribution >= 4 is 35.0 Å². The van der Waals surface area contributed by atoms with E-state index in [1.54, 1.807) is 29.2 Å². The molecule has 1 aliphatic heterocycles. The number of halogens is 1. The van der Waals surface area contributed by atoms with Crippen molar-refractivity contribution in [3.63, 3.8) is 0 Å². The zero-order valence-corrected chi connectivity index (χ0v) is 15.3. The van der Waals surface area contributed by atoms with E-state index in [4.69, 9.17) is 11.6 Å². The lowest BCUT2D eigenvalue weighted by Gasteiger charge is -2.34. The minimum atomic E-state index is -0.498. The molecule has 8 heteroatoms. The fourth-order valence-corrected chi connectivity index (χ4v) is 3.03. The molecule has 1 saturated heterocycles. The molecule has 0 radical (unpaired) electrons. The maximum absolute atomic E-state index is 12.1. The van der Waals surface area contributed by atoms with E-state index in [1.807, 2.05) is 0 Å². The molecule has 1 aromatic carbocycles. The van der Waals surface area contributed by atoms with Gasteiger partial charge in [0.25, 0.3) is 0 Å². The van der Waals surface area contributed by atoms with E-state index < -0.39 is 11.8 Å². The quantitative estimate of drug-likeness (QED) is 0.751. The first kappa shape index (κ1) is 18.7. The average Bonchev–Trinajstić information content (AvgIpc) is 3.44. The first-order valence-electron chi connectivity index (χ1n) is 8.89. The van der Waals surface area contributed by atoms with E-state index in [0.717, 1.165) is 12.8 Å². The summed E-state index contributed by atoms with van der Waals surface area (Å²) in [4.78, 5) is 39.6. The Morgan fingerprint density at radius 1 is 1.12 bits per heavy atom. The molecule has 0 unspecified atom stereocenters. The van der Waals surface area contributed by atoms with Crippen LogP contribution < -0.4 is 10.6 Å². The summed E-state index contributed by atoms with van der Waals surface area (Å²) in [6.07, 6.45) is 2.29. The Morgan fingerprint density at radius 3 is 2.50 bits per heavy atom. The van der Waals surface area contributed by atoms with Crippen LogP contribution in [0.2, 0.25) is 5.02 Å². The van der Waals surface area contributed by atoms with Gasteiger partial charge in [-0.05, 0) is 31.0 Å². The third-order valence-corrected chi connectivity index (χ3v) is 4.76. The summed E-state index contributed by atoms with van der Waals surface area (Å²) in [5.41, 5.74) is 0.680. The summed E-state index contributed by atoms with van der Waals surface area (Å²) >= 11 is 5.90. The Hall–Kier alpha value is -2.12. The molecule has 0 spiro atoms. The second kappa shape index (κ2) is 8.51. The summed E-state index contributed by atoms with van der Waals surface area (Å²) in [5.74, 6) is -1.02. The SMILES string of the molecule is O=C(CCN1CCN(C(=O)C(=O)NC2CC2)CC1)Nc1cccc(Cl)c1. The standard InChI is InChI=1S/C18H23ClN4O3/c19-13-2-1-3-15(12-13)20-16(24)6-7-22-8-10-23(11-9-22)18(26)17(25)21-14-4-5-14/h1-3,12,14H,4-11H2,(H,20,24)(H,21,25). The van der Waals surface area contributed by atoms with Crippen LogP contribution in [0.3, 0.4) is 0 Å². The van der Waals surface area contributed by atoms with Crippen LogP contribution in [-0.2, 0) is 14.4 Å². The van der Waals surface area contributed by atoms with Crippen LogP contribution >= 0.6 is 11.6 Å². The fourth-order valence-electron chi connectivity index (χ4n) is 2.84. The highest BCUT2D eigenvalue weighted by Crippen LogP contribution is 2.18. The number of nitrogens with zero attached hydrogens (tertiary/aromatic N) is 2. The zero-order valence-electron chi connectivity index (χ0n) is 14.5. The van der Waals surface area contributed by atoms with Crippen LogP contribution in [-0.4, -0.2) is 66.3 Å². The smallest absolute Gasteiger partial charge is 0.311 e. The van der Waals surface area contributed by atoms with Gasteiger partial charge < -0.3 is 15.5 Å². The van der Waals surface area contributed by atoms with Gasteiger partial charge in [-0.25, -0.2) is 0 Å². The Morgan fingerprint density at radius 2 is 1.85 bits per heavy atom. The Labute approximate surface area is 157 Å². The van der Waals surface area contributed by atoms with Gasteiger partial charge in [-0.2, -0.15) is 0 Å². The topological polar surface area (TPSA) is 81.8 Å². The molecule has 7 nitrogen and oxygen atoms in total. The van der Waals surface area contributed by atoms with Crippen LogP contribution in [0.25, 0.3) is 0 Å². The number of hydrogen-bond donors (Lipinski definition) is 2. The second-order valence-electron chi connectivity index (χ2n) is 6.69. The van der Waals surface area contributed by atoms with Crippen molar-refractivity contribution in [1.29, 1.82) is 0 Å². The number of amides is 3. The van der Waals surface area contributed by atoms with Gasteiger partial charge in [0.2, 0.25) is 5.91 Å². The normalized spacial score (nSPS) is 17.7. The number of benzene rings is 1. The highest BCUT2D eigenvalue weighted by molar-refractivity contribution is 6.35. The molecule has 2 N–H and O–H groups in total. The molecular formula is C18H23ClN4O3. The predicted octanol–water partition coefficient (Wildman–Crippen LogP) is 1.09. The summed E-state index contributed by atoms with van der Waals surface area (Å²) in [6.45, 7) is 2.95. The van der Waals surface area contributed by atoms with Crippen molar-refractivity contribution in [2.75, 3.05) is 38.0 Å². The number of anilines is 1. The molecule has 26 heavy (non-hydrogen) atoms. The van der Waals surface area contributed by atoms with E-state index in [1.165, 1.54) is 0 Å². The zero-order chi connectivity index (χ0) is 18.5. The fraction of sp³-hybridized carbons (Fsp3) is 0.500. The molecule has 2 fully saturated rings. The number of hydrogen-bond acceptors (Lipinski definition) is 4. The van der Waals surface area contributed by atoms with Crippen molar-refractivity contribution in [1.82, 2.24) is 15.1 Å². The molecular weight excluding hydrogens is 356 g/mol. The second-order valence-corrected chi connectivity index (χ2v) is 7.13. The third kappa shape index (κ3) is 5.44. The minimum absolute atomic E-state index is 0.0745. The number of nitrogens with one attached hydrogen (secondary N) is 2. The van der Waals surface area contributed by atoms with Gasteiger partial charge in [0.1, 0.15) is 0 Å². The molecule has 3 amide bonds. The lowest BCUT2D eigenvalue weighted by atomic mass is 10.2. The van der Waals surface area contributed by atoms with Crippen LogP contribution in [0.1, 0.15) is 19.3 Å². The molecule has 1 heterocycles. The van der Waals surface area contributed by atoms with Crippen LogP contribution in [0.5, 0.6) is 0 Å². The Bertz CT molecular complexity index is 685. The van der Waals surface area contributed by atoms with Crippen molar-refractivity contribution in [2.24, 2.45) is 0 Å². The minimum Gasteiger partial charge on any atom is -0.345 e. The lowest BCUT2D eigenvalue weighted by Crippen LogP contribution is -2.53. The van der Waals surface area contributed by atoms with E-state index in [9.17, 15) is 14.4 Å². The molecule has 2 aliphatic rings. The van der Waals surface area contributed by atoms with Crippen LogP contribution in [0, 0.1) is 0 Å². The maximum Gasteiger partial charge on any atom is 0.311 e. The molecule has 1 aromatic rings. The van der Waals surface area contributed by atoms with Gasteiger partial charge in [0, 0.05) is 55.9 Å². The van der Waals surface area contributed by atoms with Crippen molar-refractivity contribution in [3.05, 3.63) is 29.3 Å². The van der Waals surface area contributed by atoms with Crippen LogP contribution in [0.4, 0.5) is 5.69 Å². The molecule has 3 rings (SSSR count). The first-order chi connectivity index (χ1) is 12.5. The predicted molar refractivity (Wildman–Crippen MR) is 98.9 cm³/mol. The van der Waals surface area contributed by atoms with Crippen molar-refractivity contribution in [3.8, 4) is 0 Å². The van der Waals surface area contributed by atoms with Gasteiger partial charge in [0.15, 0.2) is 0 Å². The molecule has 1 saturated carbocycles. The number of piperazine rings is 1. The molecule has 0 bridgehead atoms. The Kier molecular flexibility index (Phi) is 6.11. The molecule has 140 valence electrons. The van der Waals surface area contributed by atoms with E-state index in [0.29, 0.717) is 49.9 Å². The van der Waals surface area contributed by atoms with Gasteiger partial charge in [-0.3, -0.25) is 19.3 Å². The molecule has 0 aromatic heterocycles. The highest BCUT2D eigenvalue weighted by Gasteiger charge is 2.30. The maximum atomic E-state index is 12.1. The largest absolute Gasteiger partial charge is 0.345 e. The summed E-state index contributed by atoms with van der Waals surface area (Å²) in [5, 5.41) is 6.12. The third-order valence-electron chi connectivity index (χ3n) is 4.53. The van der Waals surface area contributed by atoms with Crippen molar-refractivity contribution < 1.29 is 14.4 Å². The van der Waals surface area contributed by atoms with Gasteiger partial charge in [-0.15, -0.1) is 0 Å². The molecule has 1 aliphatic carbocycles. The monoisotopic (exact) mass is 378 g/mol. The number of carbonyl (C=O) groups excluding carboxylic acids is 3. The average molecular weight is 379 g/mol. The van der Waals surface area contributed by atoms with Crippen LogP contribution in [0.15, 0.2) is 24.3 Å². The van der Waals surface area contributed by atoms with Gasteiger partial charge >= 0.3 is 11.8 Å². The van der Waals surface area contributed by atoms with Crippen molar-refractivity contribution in [2.45, 2.75) is 25.3 Å². The summed E-state index contributed by atoms with van der Waals surface area (Å²) < 4.78 is 0. The highest BCUT2D eigenvalue weighted by atomic mass is 35.5. The van der Waals surface area contributed by atoms with E-state index in [-0.39, 0.29) is 11.9 Å². The van der Waals surface area contributed by atoms with E-state index >= 15 is 0 Å². The van der Waals surface area contributed by atoms with Gasteiger partial charge in [0.05, 0.1) is 0 Å². The summed E-state index contributed by atoms with van der Waals surface area (Å²) in [6, 6.07) is 7.22. The van der Waals surface area contributed by atoms with E-state index in [2.05, 4.69) is 15.5 Å². The van der Waals surface area contributed by atoms with Gasteiger partial charge in [-0.1, -0.05) is 17.7 Å². The Balaban J connectivity index is 1.36. The number of rotatable bonds is 5. The molecule has 0 atom stereocenters. The number of carbonyl (C=O) groups is 3. The first-order valence-corrected chi connectivity index (χ1v) is 9.26. The lowest BCUT2D eigenvalue weighted by molar-refractivity contribution is -0.147.